The Hall–Kier alpha value is -1.18. The number of aryl methyl sites for hydroxylation is 2. The molecule has 0 bridgehead atoms. The van der Waals surface area contributed by atoms with Gasteiger partial charge in [0.2, 0.25) is 0 Å². The summed E-state index contributed by atoms with van der Waals surface area (Å²) in [5.74, 6) is 0. The van der Waals surface area contributed by atoms with Crippen LogP contribution in [0.25, 0.3) is 0 Å². The Kier molecular flexibility index (Phi) is 3.84. The molecule has 6 nitrogen and oxygen atoms in total. The third-order valence-corrected chi connectivity index (χ3v) is 4.40. The van der Waals surface area contributed by atoms with E-state index in [0.29, 0.717) is 37.6 Å². The number of nitrogens with zero attached hydrogens (tertiary/aromatic N) is 2. The number of nitrogens with one attached hydrogen (secondary N) is 2. The molecule has 0 aromatic carbocycles. The van der Waals surface area contributed by atoms with Crippen LogP contribution < -0.4 is 10.0 Å². The number of hydrogen-bond acceptors (Lipinski definition) is 4. The highest BCUT2D eigenvalue weighted by molar-refractivity contribution is 7.90. The van der Waals surface area contributed by atoms with E-state index < -0.39 is 10.2 Å². The van der Waals surface area contributed by atoms with Crippen LogP contribution in [0.4, 0.5) is 5.69 Å². The van der Waals surface area contributed by atoms with Gasteiger partial charge in [-0.15, -0.1) is 0 Å². The van der Waals surface area contributed by atoms with Crippen molar-refractivity contribution in [3.05, 3.63) is 23.5 Å². The first-order chi connectivity index (χ1) is 8.49. The molecule has 0 atom stereocenters. The second kappa shape index (κ2) is 5.21. The average Bonchev–Trinajstić information content (AvgIpc) is 2.34. The predicted octanol–water partition coefficient (Wildman–Crippen LogP) is 0.260. The zero-order valence-corrected chi connectivity index (χ0v) is 11.4. The van der Waals surface area contributed by atoms with Gasteiger partial charge in [-0.05, 0) is 26.0 Å². The van der Waals surface area contributed by atoms with E-state index in [1.54, 1.807) is 19.1 Å². The Balaban J connectivity index is 2.16. The van der Waals surface area contributed by atoms with Gasteiger partial charge in [-0.25, -0.2) is 0 Å². The summed E-state index contributed by atoms with van der Waals surface area (Å²) in [5.41, 5.74) is 2.10. The molecule has 0 unspecified atom stereocenters. The fraction of sp³-hybridized carbons (Fsp3) is 0.545. The lowest BCUT2D eigenvalue weighted by Gasteiger charge is -2.27. The average molecular weight is 270 g/mol. The zero-order chi connectivity index (χ0) is 13.2. The highest BCUT2D eigenvalue weighted by atomic mass is 32.2. The van der Waals surface area contributed by atoms with Crippen molar-refractivity contribution in [1.29, 1.82) is 0 Å². The first-order valence-corrected chi connectivity index (χ1v) is 7.36. The number of piperazine rings is 1. The van der Waals surface area contributed by atoms with Crippen molar-refractivity contribution < 1.29 is 8.42 Å². The summed E-state index contributed by atoms with van der Waals surface area (Å²) in [4.78, 5) is 4.25. The molecule has 1 aromatic rings. The van der Waals surface area contributed by atoms with Crippen LogP contribution in [0.1, 0.15) is 11.4 Å². The quantitative estimate of drug-likeness (QED) is 0.826. The van der Waals surface area contributed by atoms with Gasteiger partial charge in [0.25, 0.3) is 0 Å². The number of rotatable bonds is 3. The largest absolute Gasteiger partial charge is 0.314 e. The van der Waals surface area contributed by atoms with Crippen molar-refractivity contribution in [2.75, 3.05) is 30.9 Å². The Morgan fingerprint density at radius 3 is 2.56 bits per heavy atom. The molecule has 0 spiro atoms. The first kappa shape index (κ1) is 13.3. The normalized spacial score (nSPS) is 17.7. The number of pyridine rings is 1. The summed E-state index contributed by atoms with van der Waals surface area (Å²) < 4.78 is 28.3. The standard InChI is InChI=1S/C11H18N4O2S/c1-9-3-4-11(10(2)13-9)14-18(16,17)15-7-5-12-6-8-15/h3-4,12,14H,5-8H2,1-2H3. The van der Waals surface area contributed by atoms with Crippen molar-refractivity contribution in [1.82, 2.24) is 14.6 Å². The third kappa shape index (κ3) is 2.98. The first-order valence-electron chi connectivity index (χ1n) is 5.92. The molecule has 1 fully saturated rings. The van der Waals surface area contributed by atoms with Gasteiger partial charge < -0.3 is 5.32 Å². The predicted molar refractivity (Wildman–Crippen MR) is 70.7 cm³/mol. The molecule has 0 amide bonds. The second-order valence-electron chi connectivity index (χ2n) is 4.34. The molecule has 0 radical (unpaired) electrons. The molecule has 7 heteroatoms. The Morgan fingerprint density at radius 2 is 1.94 bits per heavy atom. The topological polar surface area (TPSA) is 74.3 Å². The van der Waals surface area contributed by atoms with E-state index in [4.69, 9.17) is 0 Å². The van der Waals surface area contributed by atoms with E-state index in [0.717, 1.165) is 5.69 Å². The molecule has 0 saturated carbocycles. The van der Waals surface area contributed by atoms with Crippen LogP contribution >= 0.6 is 0 Å². The van der Waals surface area contributed by atoms with E-state index in [2.05, 4.69) is 15.0 Å². The van der Waals surface area contributed by atoms with Gasteiger partial charge in [0.1, 0.15) is 0 Å². The Labute approximate surface area is 108 Å². The van der Waals surface area contributed by atoms with Crippen LogP contribution in [0.5, 0.6) is 0 Å². The van der Waals surface area contributed by atoms with E-state index in [9.17, 15) is 8.42 Å². The lowest BCUT2D eigenvalue weighted by Crippen LogP contribution is -2.48. The summed E-state index contributed by atoms with van der Waals surface area (Å²) in [7, 11) is -3.47. The maximum absolute atomic E-state index is 12.2. The maximum atomic E-state index is 12.2. The summed E-state index contributed by atoms with van der Waals surface area (Å²) in [6, 6.07) is 3.54. The molecule has 1 aliphatic rings. The van der Waals surface area contributed by atoms with Crippen molar-refractivity contribution in [2.24, 2.45) is 0 Å². The maximum Gasteiger partial charge on any atom is 0.301 e. The van der Waals surface area contributed by atoms with Gasteiger partial charge in [-0.2, -0.15) is 12.7 Å². The van der Waals surface area contributed by atoms with Gasteiger partial charge in [-0.1, -0.05) is 0 Å². The van der Waals surface area contributed by atoms with Crippen LogP contribution in [0, 0.1) is 13.8 Å². The van der Waals surface area contributed by atoms with Crippen LogP contribution in [-0.4, -0.2) is 43.9 Å². The molecular formula is C11H18N4O2S. The summed E-state index contributed by atoms with van der Waals surface area (Å²) in [6.45, 7) is 6.03. The molecule has 1 aromatic heterocycles. The Morgan fingerprint density at radius 1 is 1.28 bits per heavy atom. The highest BCUT2D eigenvalue weighted by Crippen LogP contribution is 2.16. The molecule has 1 saturated heterocycles. The fourth-order valence-electron chi connectivity index (χ4n) is 1.88. The number of anilines is 1. The summed E-state index contributed by atoms with van der Waals surface area (Å²) in [5, 5.41) is 3.12. The van der Waals surface area contributed by atoms with Crippen molar-refractivity contribution in [3.63, 3.8) is 0 Å². The van der Waals surface area contributed by atoms with Crippen molar-refractivity contribution in [3.8, 4) is 0 Å². The smallest absolute Gasteiger partial charge is 0.301 e. The molecule has 1 aliphatic heterocycles. The van der Waals surface area contributed by atoms with E-state index >= 15 is 0 Å². The van der Waals surface area contributed by atoms with Gasteiger partial charge in [-0.3, -0.25) is 9.71 Å². The number of aromatic nitrogens is 1. The van der Waals surface area contributed by atoms with Crippen LogP contribution in [0.2, 0.25) is 0 Å². The van der Waals surface area contributed by atoms with Gasteiger partial charge in [0, 0.05) is 31.9 Å². The lowest BCUT2D eigenvalue weighted by atomic mass is 10.3. The molecule has 2 heterocycles. The second-order valence-corrected chi connectivity index (χ2v) is 6.01. The molecule has 100 valence electrons. The van der Waals surface area contributed by atoms with E-state index in [-0.39, 0.29) is 0 Å². The minimum Gasteiger partial charge on any atom is -0.314 e. The minimum atomic E-state index is -3.47. The molecular weight excluding hydrogens is 252 g/mol. The summed E-state index contributed by atoms with van der Waals surface area (Å²) in [6.07, 6.45) is 0. The molecule has 2 N–H and O–H groups in total. The number of hydrogen-bond donors (Lipinski definition) is 2. The zero-order valence-electron chi connectivity index (χ0n) is 10.6. The minimum absolute atomic E-state index is 0.494. The van der Waals surface area contributed by atoms with Crippen LogP contribution in [-0.2, 0) is 10.2 Å². The Bertz CT molecular complexity index is 524. The molecule has 2 rings (SSSR count). The lowest BCUT2D eigenvalue weighted by molar-refractivity contribution is 0.362. The van der Waals surface area contributed by atoms with Gasteiger partial charge >= 0.3 is 10.2 Å². The van der Waals surface area contributed by atoms with Crippen molar-refractivity contribution >= 4 is 15.9 Å². The SMILES string of the molecule is Cc1ccc(NS(=O)(=O)N2CCNCC2)c(C)n1. The van der Waals surface area contributed by atoms with Crippen LogP contribution in [0.3, 0.4) is 0 Å². The molecule has 0 aliphatic carbocycles. The summed E-state index contributed by atoms with van der Waals surface area (Å²) >= 11 is 0. The van der Waals surface area contributed by atoms with Gasteiger partial charge in [0.05, 0.1) is 11.4 Å². The van der Waals surface area contributed by atoms with E-state index in [1.807, 2.05) is 6.92 Å². The van der Waals surface area contributed by atoms with Gasteiger partial charge in [0.15, 0.2) is 0 Å². The molecule has 18 heavy (non-hydrogen) atoms. The highest BCUT2D eigenvalue weighted by Gasteiger charge is 2.24. The van der Waals surface area contributed by atoms with E-state index in [1.165, 1.54) is 4.31 Å². The fourth-order valence-corrected chi connectivity index (χ4v) is 3.17. The third-order valence-electron chi connectivity index (χ3n) is 2.88. The monoisotopic (exact) mass is 270 g/mol. The van der Waals surface area contributed by atoms with Crippen molar-refractivity contribution in [2.45, 2.75) is 13.8 Å². The van der Waals surface area contributed by atoms with Crippen LogP contribution in [0.15, 0.2) is 12.1 Å².